The number of nitrogens with zero attached hydrogens (tertiary/aromatic N) is 3. The molecule has 7 heteroatoms. The number of ether oxygens (including phenoxy) is 1. The number of piperidine rings is 1. The predicted octanol–water partition coefficient (Wildman–Crippen LogP) is 3.81. The van der Waals surface area contributed by atoms with Crippen molar-refractivity contribution in [3.8, 4) is 0 Å². The van der Waals surface area contributed by atoms with E-state index in [0.29, 0.717) is 37.1 Å². The topological polar surface area (TPSA) is 63.9 Å². The maximum absolute atomic E-state index is 13.4. The second kappa shape index (κ2) is 8.49. The van der Waals surface area contributed by atoms with Crippen LogP contribution in [0.25, 0.3) is 5.65 Å². The third-order valence-electron chi connectivity index (χ3n) is 5.94. The minimum atomic E-state index is -0.864. The van der Waals surface area contributed by atoms with Gasteiger partial charge in [0, 0.05) is 25.0 Å². The molecule has 3 aromatic rings. The molecule has 1 amide bonds. The van der Waals surface area contributed by atoms with Gasteiger partial charge in [-0.25, -0.2) is 9.37 Å². The van der Waals surface area contributed by atoms with Crippen LogP contribution in [0.4, 0.5) is 4.39 Å². The Balaban J connectivity index is 1.62. The third-order valence-corrected chi connectivity index (χ3v) is 5.94. The van der Waals surface area contributed by atoms with Crippen molar-refractivity contribution in [3.05, 3.63) is 71.4 Å². The Kier molecular flexibility index (Phi) is 5.76. The summed E-state index contributed by atoms with van der Waals surface area (Å²) in [5.74, 6) is -0.838. The lowest BCUT2D eigenvalue weighted by Crippen LogP contribution is -2.51. The van der Waals surface area contributed by atoms with Crippen LogP contribution in [0.3, 0.4) is 0 Å². The predicted molar refractivity (Wildman–Crippen MR) is 114 cm³/mol. The molecule has 162 valence electrons. The van der Waals surface area contributed by atoms with Crippen LogP contribution in [0.5, 0.6) is 0 Å². The van der Waals surface area contributed by atoms with E-state index in [4.69, 9.17) is 4.74 Å². The Hall–Kier alpha value is -3.22. The highest BCUT2D eigenvalue weighted by atomic mass is 19.1. The molecule has 1 aliphatic rings. The Morgan fingerprint density at radius 1 is 1.19 bits per heavy atom. The van der Waals surface area contributed by atoms with Crippen molar-refractivity contribution in [2.24, 2.45) is 5.41 Å². The summed E-state index contributed by atoms with van der Waals surface area (Å²) in [5.41, 5.74) is 2.03. The smallest absolute Gasteiger partial charge is 0.314 e. The van der Waals surface area contributed by atoms with Gasteiger partial charge in [-0.05, 0) is 62.9 Å². The normalized spacial score (nSPS) is 18.9. The maximum Gasteiger partial charge on any atom is 0.314 e. The number of benzene rings is 1. The van der Waals surface area contributed by atoms with E-state index >= 15 is 0 Å². The number of aryl methyl sites for hydroxylation is 1. The quantitative estimate of drug-likeness (QED) is 0.586. The molecule has 31 heavy (non-hydrogen) atoms. The van der Waals surface area contributed by atoms with Gasteiger partial charge in [-0.2, -0.15) is 0 Å². The molecule has 1 fully saturated rings. The number of pyridine rings is 1. The van der Waals surface area contributed by atoms with Crippen molar-refractivity contribution in [1.29, 1.82) is 0 Å². The lowest BCUT2D eigenvalue weighted by atomic mass is 9.75. The largest absolute Gasteiger partial charge is 0.466 e. The van der Waals surface area contributed by atoms with Crippen molar-refractivity contribution < 1.29 is 18.7 Å². The first kappa shape index (κ1) is 21.0. The van der Waals surface area contributed by atoms with Gasteiger partial charge in [0.2, 0.25) is 0 Å². The van der Waals surface area contributed by atoms with Gasteiger partial charge in [-0.3, -0.25) is 9.59 Å². The molecular formula is C24H26FN3O3. The lowest BCUT2D eigenvalue weighted by Gasteiger charge is -2.41. The maximum atomic E-state index is 13.4. The molecule has 2 aromatic heterocycles. The van der Waals surface area contributed by atoms with Gasteiger partial charge < -0.3 is 14.0 Å². The summed E-state index contributed by atoms with van der Waals surface area (Å²) in [6.07, 6.45) is 3.42. The van der Waals surface area contributed by atoms with Crippen LogP contribution in [0.15, 0.2) is 48.7 Å². The fraction of sp³-hybridized carbons (Fsp3) is 0.375. The van der Waals surface area contributed by atoms with E-state index in [2.05, 4.69) is 4.98 Å². The highest BCUT2D eigenvalue weighted by Crippen LogP contribution is 2.36. The number of carbonyl (C=O) groups is 2. The van der Waals surface area contributed by atoms with Crippen LogP contribution < -0.4 is 0 Å². The van der Waals surface area contributed by atoms with Crippen molar-refractivity contribution in [1.82, 2.24) is 14.3 Å². The van der Waals surface area contributed by atoms with Crippen LogP contribution >= 0.6 is 0 Å². The number of rotatable bonds is 5. The molecule has 3 heterocycles. The fourth-order valence-electron chi connectivity index (χ4n) is 4.38. The Bertz CT molecular complexity index is 1110. The molecule has 0 aliphatic carbocycles. The molecule has 1 aliphatic heterocycles. The van der Waals surface area contributed by atoms with E-state index in [1.165, 1.54) is 12.1 Å². The first-order chi connectivity index (χ1) is 14.9. The molecule has 6 nitrogen and oxygen atoms in total. The second-order valence-corrected chi connectivity index (χ2v) is 8.16. The average Bonchev–Trinajstić information content (AvgIpc) is 3.21. The third kappa shape index (κ3) is 4.17. The summed E-state index contributed by atoms with van der Waals surface area (Å²) >= 11 is 0. The molecular weight excluding hydrogens is 397 g/mol. The van der Waals surface area contributed by atoms with Gasteiger partial charge in [0.1, 0.15) is 17.2 Å². The van der Waals surface area contributed by atoms with Gasteiger partial charge in [-0.15, -0.1) is 0 Å². The van der Waals surface area contributed by atoms with Gasteiger partial charge in [0.25, 0.3) is 5.91 Å². The molecule has 0 radical (unpaired) electrons. The number of likely N-dealkylation sites (tertiary alicyclic amines) is 1. The van der Waals surface area contributed by atoms with E-state index < -0.39 is 5.41 Å². The minimum absolute atomic E-state index is 0.199. The van der Waals surface area contributed by atoms with E-state index in [-0.39, 0.29) is 30.8 Å². The lowest BCUT2D eigenvalue weighted by molar-refractivity contribution is -0.158. The Morgan fingerprint density at radius 3 is 2.68 bits per heavy atom. The zero-order chi connectivity index (χ0) is 22.0. The zero-order valence-corrected chi connectivity index (χ0v) is 17.8. The van der Waals surface area contributed by atoms with Crippen molar-refractivity contribution in [3.63, 3.8) is 0 Å². The van der Waals surface area contributed by atoms with Gasteiger partial charge in [0.05, 0.1) is 12.0 Å². The van der Waals surface area contributed by atoms with Crippen LogP contribution in [-0.2, 0) is 16.0 Å². The highest BCUT2D eigenvalue weighted by Gasteiger charge is 2.45. The fourth-order valence-corrected chi connectivity index (χ4v) is 4.38. The molecule has 0 saturated carbocycles. The SMILES string of the molecule is CCOC(=O)[C@]1(Cc2ccc(F)cc2)CCCN(C(=O)c2cn3c(C)cccc3n2)C1. The molecule has 1 aromatic carbocycles. The van der Waals surface area contributed by atoms with Crippen LogP contribution in [0.1, 0.15) is 41.5 Å². The number of esters is 1. The number of fused-ring (bicyclic) bond motifs is 1. The molecule has 1 saturated heterocycles. The molecule has 1 atom stereocenters. The standard InChI is InChI=1S/C24H26FN3O3/c1-3-31-23(30)24(14-18-8-10-19(25)11-9-18)12-5-13-27(16-24)22(29)20-15-28-17(2)6-4-7-21(28)26-20/h4,6-11,15H,3,5,12-14,16H2,1-2H3/t24-/m0/s1. The molecule has 0 unspecified atom stereocenters. The number of amides is 1. The minimum Gasteiger partial charge on any atom is -0.466 e. The summed E-state index contributed by atoms with van der Waals surface area (Å²) in [5, 5.41) is 0. The monoisotopic (exact) mass is 423 g/mol. The number of carbonyl (C=O) groups excluding carboxylic acids is 2. The molecule has 0 bridgehead atoms. The second-order valence-electron chi connectivity index (χ2n) is 8.16. The van der Waals surface area contributed by atoms with E-state index in [9.17, 15) is 14.0 Å². The average molecular weight is 423 g/mol. The Morgan fingerprint density at radius 2 is 1.97 bits per heavy atom. The van der Waals surface area contributed by atoms with Gasteiger partial charge in [0.15, 0.2) is 0 Å². The number of imidazole rings is 1. The Labute approximate surface area is 180 Å². The first-order valence-electron chi connectivity index (χ1n) is 10.6. The van der Waals surface area contributed by atoms with Crippen LogP contribution in [-0.4, -0.2) is 45.9 Å². The van der Waals surface area contributed by atoms with Crippen molar-refractivity contribution in [2.75, 3.05) is 19.7 Å². The first-order valence-corrected chi connectivity index (χ1v) is 10.6. The highest BCUT2D eigenvalue weighted by molar-refractivity contribution is 5.93. The molecule has 0 N–H and O–H groups in total. The molecule has 4 rings (SSSR count). The van der Waals surface area contributed by atoms with Crippen molar-refractivity contribution >= 4 is 17.5 Å². The van der Waals surface area contributed by atoms with E-state index in [0.717, 1.165) is 11.3 Å². The number of hydrogen-bond acceptors (Lipinski definition) is 4. The zero-order valence-electron chi connectivity index (χ0n) is 17.8. The van der Waals surface area contributed by atoms with Crippen molar-refractivity contribution in [2.45, 2.75) is 33.1 Å². The van der Waals surface area contributed by atoms with Crippen LogP contribution in [0, 0.1) is 18.2 Å². The van der Waals surface area contributed by atoms with Gasteiger partial charge in [-0.1, -0.05) is 18.2 Å². The number of halogens is 1. The summed E-state index contributed by atoms with van der Waals surface area (Å²) in [6.45, 7) is 4.79. The molecule has 0 spiro atoms. The van der Waals surface area contributed by atoms with Gasteiger partial charge >= 0.3 is 5.97 Å². The number of aromatic nitrogens is 2. The summed E-state index contributed by atoms with van der Waals surface area (Å²) < 4.78 is 20.6. The van der Waals surface area contributed by atoms with Crippen LogP contribution in [0.2, 0.25) is 0 Å². The summed E-state index contributed by atoms with van der Waals surface area (Å²) in [4.78, 5) is 32.5. The number of hydrogen-bond donors (Lipinski definition) is 0. The van der Waals surface area contributed by atoms with E-state index in [1.807, 2.05) is 29.5 Å². The summed E-state index contributed by atoms with van der Waals surface area (Å²) in [6, 6.07) is 11.9. The summed E-state index contributed by atoms with van der Waals surface area (Å²) in [7, 11) is 0. The van der Waals surface area contributed by atoms with E-state index in [1.54, 1.807) is 30.2 Å².